The Morgan fingerprint density at radius 2 is 1.69 bits per heavy atom. The molecule has 0 aliphatic rings. The van der Waals surface area contributed by atoms with Crippen LogP contribution in [0.15, 0.2) is 36.4 Å². The number of rotatable bonds is 1. The highest BCUT2D eigenvalue weighted by Gasteiger charge is 2.07. The molecule has 0 aliphatic carbocycles. The van der Waals surface area contributed by atoms with Gasteiger partial charge in [-0.15, -0.1) is 0 Å². The molecule has 2 aromatic carbocycles. The molecule has 16 heavy (non-hydrogen) atoms. The lowest BCUT2D eigenvalue weighted by atomic mass is 10.0. The molecule has 3 heteroatoms. The summed E-state index contributed by atoms with van der Waals surface area (Å²) >= 11 is 12.1. The number of benzene rings is 2. The first kappa shape index (κ1) is 11.3. The van der Waals surface area contributed by atoms with Crippen LogP contribution >= 0.6 is 23.2 Å². The van der Waals surface area contributed by atoms with E-state index in [-0.39, 0.29) is 5.75 Å². The molecule has 0 aromatic heterocycles. The maximum atomic E-state index is 9.35. The van der Waals surface area contributed by atoms with E-state index in [9.17, 15) is 5.11 Å². The topological polar surface area (TPSA) is 20.2 Å². The van der Waals surface area contributed by atoms with Crippen molar-refractivity contribution in [1.82, 2.24) is 0 Å². The minimum absolute atomic E-state index is 0.249. The van der Waals surface area contributed by atoms with Gasteiger partial charge in [-0.3, -0.25) is 0 Å². The normalized spacial score (nSPS) is 10.4. The van der Waals surface area contributed by atoms with E-state index in [1.807, 2.05) is 19.1 Å². The summed E-state index contributed by atoms with van der Waals surface area (Å²) in [6.07, 6.45) is 0. The summed E-state index contributed by atoms with van der Waals surface area (Å²) in [6.45, 7) is 1.92. The molecule has 0 spiro atoms. The Bertz CT molecular complexity index is 535. The van der Waals surface area contributed by atoms with Crippen LogP contribution in [-0.2, 0) is 0 Å². The van der Waals surface area contributed by atoms with Crippen molar-refractivity contribution in [3.8, 4) is 16.9 Å². The largest absolute Gasteiger partial charge is 0.508 e. The Morgan fingerprint density at radius 1 is 0.938 bits per heavy atom. The number of aromatic hydroxyl groups is 1. The van der Waals surface area contributed by atoms with Gasteiger partial charge in [-0.25, -0.2) is 0 Å². The van der Waals surface area contributed by atoms with Crippen molar-refractivity contribution in [2.45, 2.75) is 6.92 Å². The lowest BCUT2D eigenvalue weighted by Crippen LogP contribution is -1.84. The van der Waals surface area contributed by atoms with E-state index >= 15 is 0 Å². The first-order valence-corrected chi connectivity index (χ1v) is 5.58. The van der Waals surface area contributed by atoms with E-state index in [1.54, 1.807) is 24.3 Å². The predicted octanol–water partition coefficient (Wildman–Crippen LogP) is 4.67. The van der Waals surface area contributed by atoms with Gasteiger partial charge in [0.25, 0.3) is 0 Å². The summed E-state index contributed by atoms with van der Waals surface area (Å²) in [6, 6.07) is 10.5. The van der Waals surface area contributed by atoms with Crippen LogP contribution < -0.4 is 0 Å². The molecule has 0 heterocycles. The summed E-state index contributed by atoms with van der Waals surface area (Å²) in [5.74, 6) is 0.249. The van der Waals surface area contributed by atoms with Crippen LogP contribution in [0.5, 0.6) is 5.75 Å². The summed E-state index contributed by atoms with van der Waals surface area (Å²) in [5, 5.41) is 10.6. The van der Waals surface area contributed by atoms with Crippen molar-refractivity contribution < 1.29 is 5.11 Å². The Hall–Kier alpha value is -1.18. The van der Waals surface area contributed by atoms with Crippen LogP contribution in [0.4, 0.5) is 0 Å². The minimum Gasteiger partial charge on any atom is -0.508 e. The van der Waals surface area contributed by atoms with Gasteiger partial charge in [-0.05, 0) is 48.4 Å². The average Bonchev–Trinajstić information content (AvgIpc) is 2.22. The van der Waals surface area contributed by atoms with Crippen molar-refractivity contribution >= 4 is 23.2 Å². The molecule has 0 saturated heterocycles. The third-order valence-corrected chi connectivity index (χ3v) is 2.99. The van der Waals surface area contributed by atoms with Crippen molar-refractivity contribution in [1.29, 1.82) is 0 Å². The zero-order chi connectivity index (χ0) is 11.7. The van der Waals surface area contributed by atoms with E-state index in [4.69, 9.17) is 23.2 Å². The fraction of sp³-hybridized carbons (Fsp3) is 0.0769. The molecule has 0 atom stereocenters. The Morgan fingerprint density at radius 3 is 2.38 bits per heavy atom. The minimum atomic E-state index is 0.249. The quantitative estimate of drug-likeness (QED) is 0.782. The van der Waals surface area contributed by atoms with Crippen LogP contribution in [0.2, 0.25) is 10.0 Å². The number of phenols is 1. The first-order valence-electron chi connectivity index (χ1n) is 4.83. The summed E-state index contributed by atoms with van der Waals surface area (Å²) < 4.78 is 0. The number of hydrogen-bond donors (Lipinski definition) is 1. The fourth-order valence-electron chi connectivity index (χ4n) is 1.65. The number of phenolic OH excluding ortho intramolecular Hbond substituents is 1. The van der Waals surface area contributed by atoms with Gasteiger partial charge < -0.3 is 5.11 Å². The molecule has 0 amide bonds. The molecule has 0 bridgehead atoms. The maximum Gasteiger partial charge on any atom is 0.115 e. The SMILES string of the molecule is Cc1cc(O)ccc1-c1cc(Cl)ccc1Cl. The van der Waals surface area contributed by atoms with Gasteiger partial charge in [0, 0.05) is 15.6 Å². The van der Waals surface area contributed by atoms with Crippen LogP contribution in [0, 0.1) is 6.92 Å². The second-order valence-electron chi connectivity index (χ2n) is 3.62. The zero-order valence-corrected chi connectivity index (χ0v) is 10.2. The number of halogens is 2. The second-order valence-corrected chi connectivity index (χ2v) is 4.47. The van der Waals surface area contributed by atoms with Gasteiger partial charge in [0.1, 0.15) is 5.75 Å². The standard InChI is InChI=1S/C13H10Cl2O/c1-8-6-10(16)3-4-11(8)12-7-9(14)2-5-13(12)15/h2-7,16H,1H3. The molecule has 0 saturated carbocycles. The van der Waals surface area contributed by atoms with Crippen LogP contribution in [-0.4, -0.2) is 5.11 Å². The summed E-state index contributed by atoms with van der Waals surface area (Å²) in [4.78, 5) is 0. The smallest absolute Gasteiger partial charge is 0.115 e. The number of aryl methyl sites for hydroxylation is 1. The highest BCUT2D eigenvalue weighted by atomic mass is 35.5. The number of hydrogen-bond acceptors (Lipinski definition) is 1. The van der Waals surface area contributed by atoms with E-state index in [0.29, 0.717) is 10.0 Å². The third-order valence-electron chi connectivity index (χ3n) is 2.43. The Balaban J connectivity index is 2.62. The van der Waals surface area contributed by atoms with Gasteiger partial charge in [0.05, 0.1) is 0 Å². The average molecular weight is 253 g/mol. The van der Waals surface area contributed by atoms with Crippen molar-refractivity contribution in [2.75, 3.05) is 0 Å². The van der Waals surface area contributed by atoms with Crippen molar-refractivity contribution in [2.24, 2.45) is 0 Å². The van der Waals surface area contributed by atoms with Gasteiger partial charge in [-0.1, -0.05) is 29.3 Å². The summed E-state index contributed by atoms with van der Waals surface area (Å²) in [7, 11) is 0. The van der Waals surface area contributed by atoms with Gasteiger partial charge in [0.2, 0.25) is 0 Å². The highest BCUT2D eigenvalue weighted by molar-refractivity contribution is 6.35. The maximum absolute atomic E-state index is 9.35. The second kappa shape index (κ2) is 4.36. The van der Waals surface area contributed by atoms with E-state index in [0.717, 1.165) is 16.7 Å². The molecule has 2 aromatic rings. The van der Waals surface area contributed by atoms with Crippen molar-refractivity contribution in [3.05, 3.63) is 52.0 Å². The molecule has 0 radical (unpaired) electrons. The molecule has 2 rings (SSSR count). The lowest BCUT2D eigenvalue weighted by Gasteiger charge is -2.09. The highest BCUT2D eigenvalue weighted by Crippen LogP contribution is 2.33. The lowest BCUT2D eigenvalue weighted by molar-refractivity contribution is 0.475. The van der Waals surface area contributed by atoms with Crippen LogP contribution in [0.3, 0.4) is 0 Å². The van der Waals surface area contributed by atoms with Gasteiger partial charge in [0.15, 0.2) is 0 Å². The molecule has 0 fully saturated rings. The van der Waals surface area contributed by atoms with E-state index in [1.165, 1.54) is 0 Å². The van der Waals surface area contributed by atoms with Gasteiger partial charge in [-0.2, -0.15) is 0 Å². The van der Waals surface area contributed by atoms with Crippen LogP contribution in [0.1, 0.15) is 5.56 Å². The third kappa shape index (κ3) is 2.16. The molecule has 82 valence electrons. The molecular weight excluding hydrogens is 243 g/mol. The zero-order valence-electron chi connectivity index (χ0n) is 8.67. The molecular formula is C13H10Cl2O. The first-order chi connectivity index (χ1) is 7.58. The Kier molecular flexibility index (Phi) is 3.08. The fourth-order valence-corrected chi connectivity index (χ4v) is 2.05. The summed E-state index contributed by atoms with van der Waals surface area (Å²) in [5.41, 5.74) is 2.82. The Labute approximate surface area is 104 Å². The van der Waals surface area contributed by atoms with E-state index < -0.39 is 0 Å². The molecule has 1 nitrogen and oxygen atoms in total. The molecule has 0 unspecified atom stereocenters. The predicted molar refractivity (Wildman–Crippen MR) is 68.3 cm³/mol. The monoisotopic (exact) mass is 252 g/mol. The van der Waals surface area contributed by atoms with Crippen molar-refractivity contribution in [3.63, 3.8) is 0 Å². The molecule has 1 N–H and O–H groups in total. The molecule has 0 aliphatic heterocycles. The van der Waals surface area contributed by atoms with Crippen LogP contribution in [0.25, 0.3) is 11.1 Å². The van der Waals surface area contributed by atoms with E-state index in [2.05, 4.69) is 0 Å². The van der Waals surface area contributed by atoms with Gasteiger partial charge >= 0.3 is 0 Å².